The number of hydrogen-bond acceptors (Lipinski definition) is 1. The molecule has 1 saturated carbocycles. The molecule has 1 aromatic carbocycles. The van der Waals surface area contributed by atoms with Crippen molar-refractivity contribution in [2.75, 3.05) is 0 Å². The lowest BCUT2D eigenvalue weighted by Gasteiger charge is -2.46. The summed E-state index contributed by atoms with van der Waals surface area (Å²) in [6, 6.07) is 9.04. The molecular weight excluding hydrogens is 226 g/mol. The van der Waals surface area contributed by atoms with Crippen molar-refractivity contribution in [2.45, 2.75) is 31.1 Å². The van der Waals surface area contributed by atoms with Crippen molar-refractivity contribution in [3.63, 3.8) is 0 Å². The standard InChI is InChI=1S/C13H14F2O2/c14-11(15)8-13(6-9(7-13)12(16)17)10-4-2-1-3-5-10/h1-5,9,11H,6-8H2,(H,16,17). The van der Waals surface area contributed by atoms with Crippen molar-refractivity contribution < 1.29 is 18.7 Å². The summed E-state index contributed by atoms with van der Waals surface area (Å²) >= 11 is 0. The van der Waals surface area contributed by atoms with Crippen LogP contribution in [0.15, 0.2) is 30.3 Å². The highest BCUT2D eigenvalue weighted by molar-refractivity contribution is 5.72. The number of aliphatic carboxylic acids is 1. The lowest BCUT2D eigenvalue weighted by atomic mass is 9.57. The second-order valence-corrected chi connectivity index (χ2v) is 4.68. The number of rotatable bonds is 4. The van der Waals surface area contributed by atoms with Gasteiger partial charge in [0.05, 0.1) is 5.92 Å². The van der Waals surface area contributed by atoms with Gasteiger partial charge in [0.25, 0.3) is 0 Å². The molecule has 1 aliphatic carbocycles. The fraction of sp³-hybridized carbons (Fsp3) is 0.462. The average molecular weight is 240 g/mol. The number of hydrogen-bond donors (Lipinski definition) is 1. The second kappa shape index (κ2) is 4.43. The van der Waals surface area contributed by atoms with E-state index in [0.29, 0.717) is 12.8 Å². The fourth-order valence-electron chi connectivity index (χ4n) is 2.67. The molecule has 1 aliphatic rings. The van der Waals surface area contributed by atoms with Gasteiger partial charge in [-0.25, -0.2) is 8.78 Å². The Bertz CT molecular complexity index is 397. The Morgan fingerprint density at radius 3 is 2.41 bits per heavy atom. The zero-order valence-electron chi connectivity index (χ0n) is 9.27. The number of carboxylic acid groups (broad SMARTS) is 1. The molecule has 1 aromatic rings. The second-order valence-electron chi connectivity index (χ2n) is 4.68. The van der Waals surface area contributed by atoms with Crippen LogP contribution < -0.4 is 0 Å². The number of alkyl halides is 2. The minimum absolute atomic E-state index is 0.249. The van der Waals surface area contributed by atoms with E-state index in [0.717, 1.165) is 5.56 Å². The normalized spacial score (nSPS) is 27.8. The summed E-state index contributed by atoms with van der Waals surface area (Å²) in [6.07, 6.45) is -2.02. The zero-order valence-corrected chi connectivity index (χ0v) is 9.27. The lowest BCUT2D eigenvalue weighted by Crippen LogP contribution is -2.45. The molecule has 4 heteroatoms. The van der Waals surface area contributed by atoms with E-state index in [1.54, 1.807) is 24.3 Å². The molecule has 0 aliphatic heterocycles. The van der Waals surface area contributed by atoms with Gasteiger partial charge >= 0.3 is 5.97 Å². The number of benzene rings is 1. The highest BCUT2D eigenvalue weighted by atomic mass is 19.3. The summed E-state index contributed by atoms with van der Waals surface area (Å²) in [5.74, 6) is -1.36. The van der Waals surface area contributed by atoms with Crippen LogP contribution in [0.1, 0.15) is 24.8 Å². The summed E-state index contributed by atoms with van der Waals surface area (Å²) in [4.78, 5) is 10.8. The third-order valence-corrected chi connectivity index (χ3v) is 3.55. The molecule has 0 saturated heterocycles. The monoisotopic (exact) mass is 240 g/mol. The third kappa shape index (κ3) is 2.30. The van der Waals surface area contributed by atoms with E-state index in [1.807, 2.05) is 6.07 Å². The molecule has 0 radical (unpaired) electrons. The smallest absolute Gasteiger partial charge is 0.306 e. The summed E-state index contributed by atoms with van der Waals surface area (Å²) in [5, 5.41) is 8.86. The SMILES string of the molecule is O=C(O)C1CC(CC(F)F)(c2ccccc2)C1. The van der Waals surface area contributed by atoms with Crippen LogP contribution in [0.4, 0.5) is 8.78 Å². The van der Waals surface area contributed by atoms with Gasteiger partial charge in [-0.3, -0.25) is 4.79 Å². The van der Waals surface area contributed by atoms with Crippen LogP contribution in [0.2, 0.25) is 0 Å². The first-order chi connectivity index (χ1) is 8.03. The minimum Gasteiger partial charge on any atom is -0.481 e. The van der Waals surface area contributed by atoms with Gasteiger partial charge in [-0.05, 0) is 18.4 Å². The van der Waals surface area contributed by atoms with E-state index in [2.05, 4.69) is 0 Å². The van der Waals surface area contributed by atoms with Gasteiger partial charge in [0.1, 0.15) is 0 Å². The molecule has 0 heterocycles. The predicted molar refractivity (Wildman–Crippen MR) is 59.1 cm³/mol. The number of carbonyl (C=O) groups is 1. The Labute approximate surface area is 98.3 Å². The van der Waals surface area contributed by atoms with Gasteiger partial charge in [-0.2, -0.15) is 0 Å². The molecule has 0 aromatic heterocycles. The van der Waals surface area contributed by atoms with E-state index in [9.17, 15) is 13.6 Å². The van der Waals surface area contributed by atoms with Gasteiger partial charge < -0.3 is 5.11 Å². The molecule has 1 fully saturated rings. The Hall–Kier alpha value is -1.45. The lowest BCUT2D eigenvalue weighted by molar-refractivity contribution is -0.148. The van der Waals surface area contributed by atoms with Crippen molar-refractivity contribution in [2.24, 2.45) is 5.92 Å². The highest BCUT2D eigenvalue weighted by Crippen LogP contribution is 2.51. The van der Waals surface area contributed by atoms with Crippen molar-refractivity contribution in [1.82, 2.24) is 0 Å². The largest absolute Gasteiger partial charge is 0.481 e. The van der Waals surface area contributed by atoms with Crippen molar-refractivity contribution >= 4 is 5.97 Å². The maximum absolute atomic E-state index is 12.6. The van der Waals surface area contributed by atoms with Crippen LogP contribution in [0.3, 0.4) is 0 Å². The van der Waals surface area contributed by atoms with Crippen LogP contribution in [0, 0.1) is 5.92 Å². The predicted octanol–water partition coefficient (Wildman–Crippen LogP) is 3.07. The van der Waals surface area contributed by atoms with Crippen LogP contribution in [0.5, 0.6) is 0 Å². The molecular formula is C13H14F2O2. The Kier molecular flexibility index (Phi) is 3.13. The van der Waals surface area contributed by atoms with E-state index >= 15 is 0 Å². The molecule has 1 N–H and O–H groups in total. The number of carboxylic acids is 1. The summed E-state index contributed by atoms with van der Waals surface area (Å²) in [6.45, 7) is 0. The first kappa shape index (κ1) is 12.0. The summed E-state index contributed by atoms with van der Waals surface area (Å²) in [5.41, 5.74) is 0.191. The molecule has 2 rings (SSSR count). The molecule has 0 bridgehead atoms. The maximum Gasteiger partial charge on any atom is 0.306 e. The molecule has 0 amide bonds. The molecule has 92 valence electrons. The van der Waals surface area contributed by atoms with E-state index < -0.39 is 23.7 Å². The Morgan fingerprint density at radius 2 is 1.94 bits per heavy atom. The van der Waals surface area contributed by atoms with Gasteiger partial charge in [0.2, 0.25) is 6.43 Å². The van der Waals surface area contributed by atoms with E-state index in [-0.39, 0.29) is 6.42 Å². The van der Waals surface area contributed by atoms with Crippen molar-refractivity contribution in [1.29, 1.82) is 0 Å². The van der Waals surface area contributed by atoms with Crippen LogP contribution in [0.25, 0.3) is 0 Å². The Balaban J connectivity index is 2.19. The average Bonchev–Trinajstić information content (AvgIpc) is 2.23. The summed E-state index contributed by atoms with van der Waals surface area (Å²) in [7, 11) is 0. The zero-order chi connectivity index (χ0) is 12.5. The van der Waals surface area contributed by atoms with Gasteiger partial charge in [0.15, 0.2) is 0 Å². The third-order valence-electron chi connectivity index (χ3n) is 3.55. The van der Waals surface area contributed by atoms with Gasteiger partial charge in [0, 0.05) is 11.8 Å². The van der Waals surface area contributed by atoms with Crippen LogP contribution in [-0.2, 0) is 10.2 Å². The maximum atomic E-state index is 12.6. The van der Waals surface area contributed by atoms with E-state index in [4.69, 9.17) is 5.11 Å². The fourth-order valence-corrected chi connectivity index (χ4v) is 2.67. The Morgan fingerprint density at radius 1 is 1.35 bits per heavy atom. The highest BCUT2D eigenvalue weighted by Gasteiger charge is 2.49. The number of halogens is 2. The topological polar surface area (TPSA) is 37.3 Å². The minimum atomic E-state index is -2.40. The van der Waals surface area contributed by atoms with Gasteiger partial charge in [-0.1, -0.05) is 30.3 Å². The molecule has 2 nitrogen and oxygen atoms in total. The van der Waals surface area contributed by atoms with Crippen LogP contribution >= 0.6 is 0 Å². The van der Waals surface area contributed by atoms with Crippen molar-refractivity contribution in [3.05, 3.63) is 35.9 Å². The molecule has 17 heavy (non-hydrogen) atoms. The molecule has 0 atom stereocenters. The molecule has 0 spiro atoms. The quantitative estimate of drug-likeness (QED) is 0.878. The van der Waals surface area contributed by atoms with Crippen LogP contribution in [-0.4, -0.2) is 17.5 Å². The summed E-state index contributed by atoms with van der Waals surface area (Å²) < 4.78 is 25.2. The first-order valence-electron chi connectivity index (χ1n) is 5.60. The van der Waals surface area contributed by atoms with Crippen molar-refractivity contribution in [3.8, 4) is 0 Å². The molecule has 0 unspecified atom stereocenters. The first-order valence-corrected chi connectivity index (χ1v) is 5.60. The van der Waals surface area contributed by atoms with E-state index in [1.165, 1.54) is 0 Å². The van der Waals surface area contributed by atoms with Gasteiger partial charge in [-0.15, -0.1) is 0 Å².